The van der Waals surface area contributed by atoms with E-state index < -0.39 is 10.0 Å². The third kappa shape index (κ3) is 3.39. The predicted molar refractivity (Wildman–Crippen MR) is 104 cm³/mol. The molecule has 0 aromatic heterocycles. The molecule has 1 aromatic carbocycles. The smallest absolute Gasteiger partial charge is 0.264 e. The highest BCUT2D eigenvalue weighted by Crippen LogP contribution is 2.36. The topological polar surface area (TPSA) is 73.5 Å². The summed E-state index contributed by atoms with van der Waals surface area (Å²) in [5.41, 5.74) is 4.40. The minimum absolute atomic E-state index is 0. The second-order valence-corrected chi connectivity index (χ2v) is 8.34. The van der Waals surface area contributed by atoms with Gasteiger partial charge in [0.1, 0.15) is 4.91 Å². The van der Waals surface area contributed by atoms with Gasteiger partial charge in [-0.15, -0.1) is 12.4 Å². The number of benzene rings is 1. The number of hydrogen-bond donors (Lipinski definition) is 3. The highest BCUT2D eigenvalue weighted by atomic mass is 35.5. The van der Waals surface area contributed by atoms with E-state index in [2.05, 4.69) is 14.8 Å². The van der Waals surface area contributed by atoms with Gasteiger partial charge in [-0.2, -0.15) is 0 Å². The second kappa shape index (κ2) is 6.95. The molecule has 0 saturated heterocycles. The molecule has 6 nitrogen and oxygen atoms in total. The molecule has 1 aromatic rings. The molecular formula is C16H19ClN4O2S2. The van der Waals surface area contributed by atoms with Crippen molar-refractivity contribution in [3.05, 3.63) is 64.0 Å². The van der Waals surface area contributed by atoms with Crippen molar-refractivity contribution in [3.8, 4) is 0 Å². The first-order valence-corrected chi connectivity index (χ1v) is 9.97. The first-order chi connectivity index (χ1) is 11.5. The Morgan fingerprint density at radius 3 is 2.96 bits per heavy atom. The van der Waals surface area contributed by atoms with Crippen molar-refractivity contribution >= 4 is 40.3 Å². The summed E-state index contributed by atoms with van der Waals surface area (Å²) in [5.74, 6) is 0. The summed E-state index contributed by atoms with van der Waals surface area (Å²) >= 11 is 1.34. The fraction of sp³-hybridized carbons (Fsp3) is 0.250. The van der Waals surface area contributed by atoms with Gasteiger partial charge in [-0.25, -0.2) is 8.42 Å². The zero-order chi connectivity index (χ0) is 16.7. The van der Waals surface area contributed by atoms with Crippen LogP contribution in [-0.2, 0) is 23.0 Å². The number of nitrogens with one attached hydrogen (secondary N) is 3. The average molecular weight is 399 g/mol. The van der Waals surface area contributed by atoms with Crippen LogP contribution < -0.4 is 14.8 Å². The van der Waals surface area contributed by atoms with Crippen LogP contribution in [0.5, 0.6) is 0 Å². The summed E-state index contributed by atoms with van der Waals surface area (Å²) in [6.45, 7) is 3.57. The Bertz CT molecular complexity index is 893. The number of anilines is 1. The third-order valence-corrected chi connectivity index (χ3v) is 6.56. The zero-order valence-electron chi connectivity index (χ0n) is 13.6. The number of nitrogens with zero attached hydrogens (tertiary/aromatic N) is 1. The van der Waals surface area contributed by atoms with Gasteiger partial charge in [0.25, 0.3) is 10.0 Å². The van der Waals surface area contributed by atoms with Crippen molar-refractivity contribution in [1.29, 1.82) is 0 Å². The predicted octanol–water partition coefficient (Wildman–Crippen LogP) is 2.61. The molecule has 3 aliphatic rings. The number of allylic oxidation sites excluding steroid dienone is 2. The number of sulfonamides is 1. The molecule has 3 N–H and O–H groups in total. The SMILES string of the molecule is CC1=C(S(=O)(=O)Nc2ccc3c(c2)CCNC3)C2=CNSN2C=C1.Cl. The van der Waals surface area contributed by atoms with E-state index in [4.69, 9.17) is 0 Å². The van der Waals surface area contributed by atoms with Gasteiger partial charge in [0, 0.05) is 24.6 Å². The molecule has 0 unspecified atom stereocenters. The Balaban J connectivity index is 0.00000182. The van der Waals surface area contributed by atoms with E-state index in [1.54, 1.807) is 10.5 Å². The maximum absolute atomic E-state index is 13.0. The Morgan fingerprint density at radius 1 is 1.28 bits per heavy atom. The van der Waals surface area contributed by atoms with Crippen molar-refractivity contribution < 1.29 is 8.42 Å². The standard InChI is InChI=1S/C16H18N4O2S2.ClH/c1-11-5-7-20-15(10-18-23-20)16(11)24(21,22)19-14-3-2-13-9-17-6-4-12(13)8-14;/h2-3,5,7-8,10,17-19H,4,6,9H2,1H3;1H. The molecule has 0 saturated carbocycles. The van der Waals surface area contributed by atoms with Crippen LogP contribution in [0.25, 0.3) is 0 Å². The van der Waals surface area contributed by atoms with Crippen molar-refractivity contribution in [1.82, 2.24) is 14.3 Å². The number of fused-ring (bicyclic) bond motifs is 2. The lowest BCUT2D eigenvalue weighted by Gasteiger charge is -2.23. The van der Waals surface area contributed by atoms with Crippen molar-refractivity contribution in [2.75, 3.05) is 11.3 Å². The lowest BCUT2D eigenvalue weighted by molar-refractivity contribution is 0.604. The van der Waals surface area contributed by atoms with E-state index in [0.29, 0.717) is 16.3 Å². The van der Waals surface area contributed by atoms with Gasteiger partial charge in [-0.3, -0.25) is 9.03 Å². The van der Waals surface area contributed by atoms with Crippen LogP contribution in [0, 0.1) is 0 Å². The van der Waals surface area contributed by atoms with Crippen LogP contribution in [0.3, 0.4) is 0 Å². The minimum Gasteiger partial charge on any atom is -0.316 e. The number of hydrogen-bond acceptors (Lipinski definition) is 6. The van der Waals surface area contributed by atoms with Crippen LogP contribution in [0.4, 0.5) is 5.69 Å². The van der Waals surface area contributed by atoms with E-state index in [0.717, 1.165) is 25.1 Å². The Hall–Kier alpha value is -1.61. The fourth-order valence-corrected chi connectivity index (χ4v) is 5.25. The number of halogens is 1. The molecule has 0 atom stereocenters. The van der Waals surface area contributed by atoms with Crippen LogP contribution in [0.2, 0.25) is 0 Å². The monoisotopic (exact) mass is 398 g/mol. The first kappa shape index (κ1) is 18.2. The van der Waals surface area contributed by atoms with E-state index in [1.165, 1.54) is 23.3 Å². The quantitative estimate of drug-likeness (QED) is 0.680. The normalized spacial score (nSPS) is 18.8. The summed E-state index contributed by atoms with van der Waals surface area (Å²) in [7, 11) is -3.67. The van der Waals surface area contributed by atoms with Gasteiger partial charge >= 0.3 is 0 Å². The van der Waals surface area contributed by atoms with E-state index >= 15 is 0 Å². The van der Waals surface area contributed by atoms with Gasteiger partial charge in [-0.1, -0.05) is 6.07 Å². The van der Waals surface area contributed by atoms with Crippen LogP contribution in [-0.4, -0.2) is 19.3 Å². The summed E-state index contributed by atoms with van der Waals surface area (Å²) in [6.07, 6.45) is 6.29. The Labute approximate surface area is 158 Å². The molecule has 0 fully saturated rings. The molecule has 9 heteroatoms. The average Bonchev–Trinajstić information content (AvgIpc) is 3.02. The molecule has 3 aliphatic heterocycles. The highest BCUT2D eigenvalue weighted by molar-refractivity contribution is 7.97. The lowest BCUT2D eigenvalue weighted by Crippen LogP contribution is -2.25. The van der Waals surface area contributed by atoms with Gasteiger partial charge in [0.05, 0.1) is 17.8 Å². The molecule has 0 aliphatic carbocycles. The molecular weight excluding hydrogens is 380 g/mol. The van der Waals surface area contributed by atoms with Gasteiger partial charge in [-0.05, 0) is 54.8 Å². The summed E-state index contributed by atoms with van der Waals surface area (Å²) in [6, 6.07) is 5.75. The second-order valence-electron chi connectivity index (χ2n) is 5.91. The Morgan fingerprint density at radius 2 is 2.12 bits per heavy atom. The maximum atomic E-state index is 13.0. The molecule has 0 spiro atoms. The number of rotatable bonds is 3. The first-order valence-electron chi connectivity index (χ1n) is 7.71. The van der Waals surface area contributed by atoms with Gasteiger partial charge < -0.3 is 10.0 Å². The summed E-state index contributed by atoms with van der Waals surface area (Å²) in [4.78, 5) is 0.307. The molecule has 0 amide bonds. The van der Waals surface area contributed by atoms with Crippen molar-refractivity contribution in [3.63, 3.8) is 0 Å². The van der Waals surface area contributed by atoms with Crippen LogP contribution in [0.15, 0.2) is 52.9 Å². The lowest BCUT2D eigenvalue weighted by atomic mass is 10.0. The maximum Gasteiger partial charge on any atom is 0.264 e. The molecule has 25 heavy (non-hydrogen) atoms. The van der Waals surface area contributed by atoms with E-state index in [1.807, 2.05) is 37.4 Å². The minimum atomic E-state index is -3.67. The molecule has 0 bridgehead atoms. The van der Waals surface area contributed by atoms with E-state index in [9.17, 15) is 8.42 Å². The zero-order valence-corrected chi connectivity index (χ0v) is 16.0. The Kier molecular flexibility index (Phi) is 5.06. The molecule has 134 valence electrons. The van der Waals surface area contributed by atoms with Crippen molar-refractivity contribution in [2.24, 2.45) is 0 Å². The summed E-state index contributed by atoms with van der Waals surface area (Å²) < 4.78 is 33.4. The van der Waals surface area contributed by atoms with Crippen LogP contribution >= 0.6 is 24.5 Å². The third-order valence-electron chi connectivity index (χ3n) is 4.25. The van der Waals surface area contributed by atoms with E-state index in [-0.39, 0.29) is 12.4 Å². The van der Waals surface area contributed by atoms with Crippen LogP contribution in [0.1, 0.15) is 18.1 Å². The van der Waals surface area contributed by atoms with Gasteiger partial charge in [0.2, 0.25) is 0 Å². The van der Waals surface area contributed by atoms with Crippen molar-refractivity contribution in [2.45, 2.75) is 19.9 Å². The molecule has 4 rings (SSSR count). The summed E-state index contributed by atoms with van der Waals surface area (Å²) in [5, 5.41) is 3.32. The largest absolute Gasteiger partial charge is 0.316 e. The molecule has 3 heterocycles. The molecule has 0 radical (unpaired) electrons. The highest BCUT2D eigenvalue weighted by Gasteiger charge is 2.32. The fourth-order valence-electron chi connectivity index (χ4n) is 3.08. The van der Waals surface area contributed by atoms with Gasteiger partial charge in [0.15, 0.2) is 0 Å².